The SMILES string of the molecule is CCOc1cccc(CNC(=NC)NCc2nnc(C)n2C)c1OC(F)F. The number of benzene rings is 1. The van der Waals surface area contributed by atoms with Gasteiger partial charge < -0.3 is 24.7 Å². The number of guanidine groups is 1. The number of para-hydroxylation sites is 1. The summed E-state index contributed by atoms with van der Waals surface area (Å²) in [4.78, 5) is 4.12. The Morgan fingerprint density at radius 3 is 2.59 bits per heavy atom. The number of rotatable bonds is 8. The lowest BCUT2D eigenvalue weighted by Gasteiger charge is -2.17. The van der Waals surface area contributed by atoms with Crippen LogP contribution in [-0.4, -0.2) is 41.0 Å². The summed E-state index contributed by atoms with van der Waals surface area (Å²) in [6, 6.07) is 5.00. The van der Waals surface area contributed by atoms with Crippen molar-refractivity contribution in [1.29, 1.82) is 0 Å². The second kappa shape index (κ2) is 9.70. The molecule has 0 saturated carbocycles. The first-order valence-corrected chi connectivity index (χ1v) is 8.45. The van der Waals surface area contributed by atoms with Crippen LogP contribution in [0.5, 0.6) is 11.5 Å². The van der Waals surface area contributed by atoms with Gasteiger partial charge in [0, 0.05) is 26.2 Å². The molecule has 0 aliphatic heterocycles. The van der Waals surface area contributed by atoms with Crippen LogP contribution < -0.4 is 20.1 Å². The highest BCUT2D eigenvalue weighted by molar-refractivity contribution is 5.79. The van der Waals surface area contributed by atoms with E-state index >= 15 is 0 Å². The lowest BCUT2D eigenvalue weighted by Crippen LogP contribution is -2.37. The molecule has 1 heterocycles. The average Bonchev–Trinajstić information content (AvgIpc) is 2.96. The van der Waals surface area contributed by atoms with Crippen molar-refractivity contribution in [2.24, 2.45) is 12.0 Å². The molecule has 1 aromatic heterocycles. The zero-order chi connectivity index (χ0) is 19.8. The number of ether oxygens (including phenoxy) is 2. The van der Waals surface area contributed by atoms with Crippen LogP contribution >= 0.6 is 0 Å². The molecule has 2 aromatic rings. The van der Waals surface area contributed by atoms with Gasteiger partial charge in [-0.3, -0.25) is 4.99 Å². The number of alkyl halides is 2. The van der Waals surface area contributed by atoms with Gasteiger partial charge in [-0.1, -0.05) is 12.1 Å². The molecule has 0 atom stereocenters. The molecule has 2 rings (SSSR count). The first kappa shape index (κ1) is 20.4. The van der Waals surface area contributed by atoms with Crippen molar-refractivity contribution in [1.82, 2.24) is 25.4 Å². The van der Waals surface area contributed by atoms with Gasteiger partial charge in [-0.2, -0.15) is 8.78 Å². The Labute approximate surface area is 156 Å². The number of aromatic nitrogens is 3. The van der Waals surface area contributed by atoms with Crippen molar-refractivity contribution in [3.05, 3.63) is 35.4 Å². The first-order valence-electron chi connectivity index (χ1n) is 8.45. The summed E-state index contributed by atoms with van der Waals surface area (Å²) < 4.78 is 37.5. The molecule has 0 unspecified atom stereocenters. The summed E-state index contributed by atoms with van der Waals surface area (Å²) in [6.07, 6.45) is 0. The number of halogens is 2. The van der Waals surface area contributed by atoms with Crippen LogP contribution in [0, 0.1) is 6.92 Å². The zero-order valence-corrected chi connectivity index (χ0v) is 15.8. The summed E-state index contributed by atoms with van der Waals surface area (Å²) in [7, 11) is 3.49. The van der Waals surface area contributed by atoms with Crippen LogP contribution in [-0.2, 0) is 20.1 Å². The molecule has 148 valence electrons. The van der Waals surface area contributed by atoms with E-state index in [0.717, 1.165) is 11.6 Å². The van der Waals surface area contributed by atoms with Crippen molar-refractivity contribution in [2.45, 2.75) is 33.5 Å². The fourth-order valence-corrected chi connectivity index (χ4v) is 2.36. The van der Waals surface area contributed by atoms with E-state index in [-0.39, 0.29) is 18.0 Å². The molecule has 2 N–H and O–H groups in total. The normalized spacial score (nSPS) is 11.6. The largest absolute Gasteiger partial charge is 0.490 e. The number of nitrogens with one attached hydrogen (secondary N) is 2. The van der Waals surface area contributed by atoms with E-state index < -0.39 is 6.61 Å². The molecule has 0 aliphatic carbocycles. The van der Waals surface area contributed by atoms with Crippen molar-refractivity contribution < 1.29 is 18.3 Å². The summed E-state index contributed by atoms with van der Waals surface area (Å²) in [5.74, 6) is 2.32. The molecule has 0 bridgehead atoms. The predicted octanol–water partition coefficient (Wildman–Crippen LogP) is 1.99. The fourth-order valence-electron chi connectivity index (χ4n) is 2.36. The van der Waals surface area contributed by atoms with Gasteiger partial charge in [-0.15, -0.1) is 10.2 Å². The second-order valence-corrected chi connectivity index (χ2v) is 5.56. The Hall–Kier alpha value is -2.91. The van der Waals surface area contributed by atoms with E-state index in [1.807, 2.05) is 18.5 Å². The highest BCUT2D eigenvalue weighted by Gasteiger charge is 2.16. The maximum Gasteiger partial charge on any atom is 0.387 e. The molecule has 10 heteroatoms. The van der Waals surface area contributed by atoms with E-state index in [2.05, 4.69) is 30.6 Å². The first-order chi connectivity index (χ1) is 13.0. The number of hydrogen-bond donors (Lipinski definition) is 2. The summed E-state index contributed by atoms with van der Waals surface area (Å²) in [5, 5.41) is 14.2. The summed E-state index contributed by atoms with van der Waals surface area (Å²) in [5.41, 5.74) is 0.527. The molecule has 0 fully saturated rings. The Kier molecular flexibility index (Phi) is 7.33. The minimum absolute atomic E-state index is 0.0150. The van der Waals surface area contributed by atoms with Crippen LogP contribution in [0.2, 0.25) is 0 Å². The third-order valence-corrected chi connectivity index (χ3v) is 3.83. The van der Waals surface area contributed by atoms with E-state index in [9.17, 15) is 8.78 Å². The Balaban J connectivity index is 2.05. The molecular formula is C17H24F2N6O2. The summed E-state index contributed by atoms with van der Waals surface area (Å²) in [6.45, 7) is 1.67. The summed E-state index contributed by atoms with van der Waals surface area (Å²) >= 11 is 0. The minimum atomic E-state index is -2.94. The topological polar surface area (TPSA) is 85.6 Å². The fraction of sp³-hybridized carbons (Fsp3) is 0.471. The molecule has 8 nitrogen and oxygen atoms in total. The molecular weight excluding hydrogens is 358 g/mol. The lowest BCUT2D eigenvalue weighted by atomic mass is 10.2. The Morgan fingerprint density at radius 1 is 1.26 bits per heavy atom. The van der Waals surface area contributed by atoms with Crippen molar-refractivity contribution in [2.75, 3.05) is 13.7 Å². The average molecular weight is 382 g/mol. The highest BCUT2D eigenvalue weighted by Crippen LogP contribution is 2.32. The van der Waals surface area contributed by atoms with Crippen LogP contribution in [0.1, 0.15) is 24.1 Å². The minimum Gasteiger partial charge on any atom is -0.490 e. The van der Waals surface area contributed by atoms with Crippen LogP contribution in [0.3, 0.4) is 0 Å². The van der Waals surface area contributed by atoms with E-state index in [1.165, 1.54) is 0 Å². The number of hydrogen-bond acceptors (Lipinski definition) is 5. The Bertz CT molecular complexity index is 779. The molecule has 0 aliphatic rings. The van der Waals surface area contributed by atoms with Gasteiger partial charge in [0.1, 0.15) is 5.82 Å². The predicted molar refractivity (Wildman–Crippen MR) is 97.0 cm³/mol. The van der Waals surface area contributed by atoms with Gasteiger partial charge in [0.25, 0.3) is 0 Å². The van der Waals surface area contributed by atoms with Crippen molar-refractivity contribution in [3.63, 3.8) is 0 Å². The van der Waals surface area contributed by atoms with E-state index in [4.69, 9.17) is 4.74 Å². The third kappa shape index (κ3) is 5.53. The van der Waals surface area contributed by atoms with Crippen LogP contribution in [0.25, 0.3) is 0 Å². The molecule has 0 spiro atoms. The molecule has 0 radical (unpaired) electrons. The van der Waals surface area contributed by atoms with Crippen molar-refractivity contribution >= 4 is 5.96 Å². The third-order valence-electron chi connectivity index (χ3n) is 3.83. The maximum absolute atomic E-state index is 12.8. The van der Waals surface area contributed by atoms with E-state index in [0.29, 0.717) is 24.7 Å². The van der Waals surface area contributed by atoms with Gasteiger partial charge in [0.05, 0.1) is 13.2 Å². The van der Waals surface area contributed by atoms with Gasteiger partial charge >= 0.3 is 6.61 Å². The second-order valence-electron chi connectivity index (χ2n) is 5.56. The molecule has 0 saturated heterocycles. The van der Waals surface area contributed by atoms with Gasteiger partial charge in [0.2, 0.25) is 0 Å². The standard InChI is InChI=1S/C17H24F2N6O2/c1-5-26-13-8-6-7-12(15(13)27-16(18)19)9-21-17(20-3)22-10-14-24-23-11(2)25(14)4/h6-8,16H,5,9-10H2,1-4H3,(H2,20,21,22). The lowest BCUT2D eigenvalue weighted by molar-refractivity contribution is -0.0520. The molecule has 27 heavy (non-hydrogen) atoms. The number of aliphatic imine (C=N–C) groups is 1. The van der Waals surface area contributed by atoms with Crippen LogP contribution in [0.15, 0.2) is 23.2 Å². The van der Waals surface area contributed by atoms with Gasteiger partial charge in [-0.25, -0.2) is 0 Å². The molecule has 0 amide bonds. The van der Waals surface area contributed by atoms with E-state index in [1.54, 1.807) is 32.2 Å². The smallest absolute Gasteiger partial charge is 0.387 e. The highest BCUT2D eigenvalue weighted by atomic mass is 19.3. The molecule has 1 aromatic carbocycles. The van der Waals surface area contributed by atoms with Crippen LogP contribution in [0.4, 0.5) is 8.78 Å². The quantitative estimate of drug-likeness (QED) is 0.537. The van der Waals surface area contributed by atoms with Crippen molar-refractivity contribution in [3.8, 4) is 11.5 Å². The van der Waals surface area contributed by atoms with Gasteiger partial charge in [0.15, 0.2) is 23.3 Å². The maximum atomic E-state index is 12.8. The Morgan fingerprint density at radius 2 is 2.00 bits per heavy atom. The number of aryl methyl sites for hydroxylation is 1. The number of nitrogens with zero attached hydrogens (tertiary/aromatic N) is 4. The monoisotopic (exact) mass is 382 g/mol. The van der Waals surface area contributed by atoms with Gasteiger partial charge in [-0.05, 0) is 19.9 Å². The zero-order valence-electron chi connectivity index (χ0n) is 15.8.